The Bertz CT molecular complexity index is 810. The van der Waals surface area contributed by atoms with E-state index in [-0.39, 0.29) is 0 Å². The summed E-state index contributed by atoms with van der Waals surface area (Å²) in [5.74, 6) is 2.81. The zero-order valence-electron chi connectivity index (χ0n) is 14.3. The molecule has 0 atom stereocenters. The smallest absolute Gasteiger partial charge is 0.229 e. The summed E-state index contributed by atoms with van der Waals surface area (Å²) in [6.07, 6.45) is 7.08. The van der Waals surface area contributed by atoms with Gasteiger partial charge in [-0.3, -0.25) is 9.88 Å². The largest absolute Gasteiger partial charge is 0.359 e. The van der Waals surface area contributed by atoms with Gasteiger partial charge in [0.15, 0.2) is 11.6 Å². The SMILES string of the molecule is CCN(Cc1noc(C2CCC2)n1)Cc1cc(-c2ccncc2)no1. The standard InChI is InChI=1S/C18H21N5O2/c1-2-23(12-17-20-18(25-22-17)14-4-3-5-14)11-15-10-16(21-24-15)13-6-8-19-9-7-13/h6-10,14H,2-5,11-12H2,1H3. The number of hydrogen-bond donors (Lipinski definition) is 0. The number of nitrogens with zero attached hydrogens (tertiary/aromatic N) is 5. The van der Waals surface area contributed by atoms with Crippen LogP contribution in [0.2, 0.25) is 0 Å². The van der Waals surface area contributed by atoms with Crippen molar-refractivity contribution >= 4 is 0 Å². The minimum absolute atomic E-state index is 0.466. The molecular formula is C18H21N5O2. The van der Waals surface area contributed by atoms with E-state index >= 15 is 0 Å². The molecule has 0 bridgehead atoms. The zero-order chi connectivity index (χ0) is 17.1. The van der Waals surface area contributed by atoms with Crippen LogP contribution in [-0.4, -0.2) is 31.7 Å². The highest BCUT2D eigenvalue weighted by Crippen LogP contribution is 2.35. The van der Waals surface area contributed by atoms with E-state index in [1.807, 2.05) is 18.2 Å². The van der Waals surface area contributed by atoms with E-state index in [0.29, 0.717) is 19.0 Å². The summed E-state index contributed by atoms with van der Waals surface area (Å²) >= 11 is 0. The van der Waals surface area contributed by atoms with Gasteiger partial charge in [-0.25, -0.2) is 0 Å². The second-order valence-corrected chi connectivity index (χ2v) is 6.39. The van der Waals surface area contributed by atoms with E-state index < -0.39 is 0 Å². The van der Waals surface area contributed by atoms with Crippen LogP contribution in [0.5, 0.6) is 0 Å². The average Bonchev–Trinajstić information content (AvgIpc) is 3.23. The van der Waals surface area contributed by atoms with Crippen molar-refractivity contribution < 1.29 is 9.05 Å². The number of rotatable bonds is 7. The maximum atomic E-state index is 5.48. The van der Waals surface area contributed by atoms with Crippen LogP contribution in [0, 0.1) is 0 Å². The van der Waals surface area contributed by atoms with Crippen molar-refractivity contribution in [2.45, 2.75) is 45.2 Å². The summed E-state index contributed by atoms with van der Waals surface area (Å²) in [6, 6.07) is 5.80. The van der Waals surface area contributed by atoms with Crippen molar-refractivity contribution in [3.05, 3.63) is 48.1 Å². The lowest BCUT2D eigenvalue weighted by atomic mass is 9.85. The van der Waals surface area contributed by atoms with Crippen molar-refractivity contribution in [1.29, 1.82) is 0 Å². The first-order chi connectivity index (χ1) is 12.3. The monoisotopic (exact) mass is 339 g/mol. The van der Waals surface area contributed by atoms with E-state index in [0.717, 1.165) is 48.1 Å². The zero-order valence-corrected chi connectivity index (χ0v) is 14.3. The van der Waals surface area contributed by atoms with Crippen molar-refractivity contribution in [1.82, 2.24) is 25.2 Å². The first-order valence-corrected chi connectivity index (χ1v) is 8.72. The molecule has 0 N–H and O–H groups in total. The molecule has 3 aromatic rings. The van der Waals surface area contributed by atoms with E-state index in [9.17, 15) is 0 Å². The summed E-state index contributed by atoms with van der Waals surface area (Å²) in [6.45, 7) is 4.26. The molecular weight excluding hydrogens is 318 g/mol. The summed E-state index contributed by atoms with van der Waals surface area (Å²) in [7, 11) is 0. The topological polar surface area (TPSA) is 81.1 Å². The third kappa shape index (κ3) is 3.61. The Morgan fingerprint density at radius 2 is 1.96 bits per heavy atom. The highest BCUT2D eigenvalue weighted by Gasteiger charge is 2.25. The lowest BCUT2D eigenvalue weighted by Gasteiger charge is -2.20. The molecule has 0 radical (unpaired) electrons. The third-order valence-corrected chi connectivity index (χ3v) is 4.66. The molecule has 1 aliphatic rings. The molecule has 1 saturated carbocycles. The summed E-state index contributed by atoms with van der Waals surface area (Å²) in [5.41, 5.74) is 1.82. The molecule has 3 aromatic heterocycles. The Kier molecular flexibility index (Phi) is 4.56. The van der Waals surface area contributed by atoms with Gasteiger partial charge in [0.2, 0.25) is 5.89 Å². The second kappa shape index (κ2) is 7.14. The summed E-state index contributed by atoms with van der Waals surface area (Å²) < 4.78 is 10.9. The van der Waals surface area contributed by atoms with Gasteiger partial charge in [0.1, 0.15) is 5.69 Å². The van der Waals surface area contributed by atoms with Gasteiger partial charge in [-0.05, 0) is 31.5 Å². The minimum atomic E-state index is 0.466. The first kappa shape index (κ1) is 16.0. The molecule has 1 fully saturated rings. The Labute approximate surface area is 146 Å². The highest BCUT2D eigenvalue weighted by molar-refractivity contribution is 5.57. The number of aromatic nitrogens is 4. The van der Waals surface area contributed by atoms with Gasteiger partial charge in [-0.2, -0.15) is 4.98 Å². The lowest BCUT2D eigenvalue weighted by molar-refractivity contribution is 0.225. The van der Waals surface area contributed by atoms with E-state index in [4.69, 9.17) is 9.05 Å². The molecule has 4 rings (SSSR count). The molecule has 1 aliphatic carbocycles. The van der Waals surface area contributed by atoms with Gasteiger partial charge >= 0.3 is 0 Å². The molecule has 7 heteroatoms. The fraction of sp³-hybridized carbons (Fsp3) is 0.444. The molecule has 0 unspecified atom stereocenters. The van der Waals surface area contributed by atoms with Crippen LogP contribution in [0.25, 0.3) is 11.3 Å². The highest BCUT2D eigenvalue weighted by atomic mass is 16.5. The lowest BCUT2D eigenvalue weighted by Crippen LogP contribution is -2.22. The Hall–Kier alpha value is -2.54. The van der Waals surface area contributed by atoms with E-state index in [1.54, 1.807) is 12.4 Å². The normalized spacial score (nSPS) is 14.8. The number of hydrogen-bond acceptors (Lipinski definition) is 7. The molecule has 0 spiro atoms. The van der Waals surface area contributed by atoms with Crippen LogP contribution in [0.4, 0.5) is 0 Å². The maximum absolute atomic E-state index is 5.48. The second-order valence-electron chi connectivity index (χ2n) is 6.39. The Morgan fingerprint density at radius 1 is 1.12 bits per heavy atom. The van der Waals surface area contributed by atoms with Crippen molar-refractivity contribution in [3.8, 4) is 11.3 Å². The molecule has 0 aromatic carbocycles. The van der Waals surface area contributed by atoms with Crippen molar-refractivity contribution in [2.24, 2.45) is 0 Å². The van der Waals surface area contributed by atoms with Gasteiger partial charge in [0.05, 0.1) is 13.1 Å². The predicted molar refractivity (Wildman–Crippen MR) is 90.4 cm³/mol. The molecule has 0 saturated heterocycles. The Balaban J connectivity index is 1.40. The molecule has 130 valence electrons. The predicted octanol–water partition coefficient (Wildman–Crippen LogP) is 3.41. The van der Waals surface area contributed by atoms with Crippen LogP contribution in [0.1, 0.15) is 49.6 Å². The first-order valence-electron chi connectivity index (χ1n) is 8.72. The molecule has 0 amide bonds. The summed E-state index contributed by atoms with van der Waals surface area (Å²) in [4.78, 5) is 10.8. The fourth-order valence-corrected chi connectivity index (χ4v) is 2.90. The molecule has 25 heavy (non-hydrogen) atoms. The minimum Gasteiger partial charge on any atom is -0.359 e. The van der Waals surface area contributed by atoms with Crippen LogP contribution < -0.4 is 0 Å². The van der Waals surface area contributed by atoms with E-state index in [2.05, 4.69) is 32.1 Å². The van der Waals surface area contributed by atoms with Gasteiger partial charge in [0.25, 0.3) is 0 Å². The maximum Gasteiger partial charge on any atom is 0.229 e. The van der Waals surface area contributed by atoms with Gasteiger partial charge in [-0.1, -0.05) is 23.7 Å². The van der Waals surface area contributed by atoms with Gasteiger partial charge in [-0.15, -0.1) is 0 Å². The van der Waals surface area contributed by atoms with E-state index in [1.165, 1.54) is 6.42 Å². The molecule has 7 nitrogen and oxygen atoms in total. The van der Waals surface area contributed by atoms with Crippen LogP contribution in [0.3, 0.4) is 0 Å². The Morgan fingerprint density at radius 3 is 2.68 bits per heavy atom. The third-order valence-electron chi connectivity index (χ3n) is 4.66. The number of pyridine rings is 1. The van der Waals surface area contributed by atoms with Crippen LogP contribution in [0.15, 0.2) is 39.6 Å². The van der Waals surface area contributed by atoms with Crippen LogP contribution in [-0.2, 0) is 13.1 Å². The van der Waals surface area contributed by atoms with Gasteiger partial charge in [0, 0.05) is 29.9 Å². The van der Waals surface area contributed by atoms with Crippen molar-refractivity contribution in [3.63, 3.8) is 0 Å². The molecule has 0 aliphatic heterocycles. The van der Waals surface area contributed by atoms with Crippen molar-refractivity contribution in [2.75, 3.05) is 6.54 Å². The fourth-order valence-electron chi connectivity index (χ4n) is 2.90. The quantitative estimate of drug-likeness (QED) is 0.652. The van der Waals surface area contributed by atoms with Gasteiger partial charge < -0.3 is 9.05 Å². The average molecular weight is 339 g/mol. The van der Waals surface area contributed by atoms with Crippen LogP contribution >= 0.6 is 0 Å². The molecule has 3 heterocycles. The summed E-state index contributed by atoms with van der Waals surface area (Å²) in [5, 5.41) is 8.27.